The molecule has 0 radical (unpaired) electrons. The van der Waals surface area contributed by atoms with Gasteiger partial charge in [-0.25, -0.2) is 9.97 Å². The van der Waals surface area contributed by atoms with Crippen molar-refractivity contribution in [2.75, 3.05) is 5.73 Å². The number of aryl methyl sites for hydroxylation is 1. The van der Waals surface area contributed by atoms with Gasteiger partial charge in [-0.05, 0) is 40.5 Å². The van der Waals surface area contributed by atoms with Crippen LogP contribution in [0.4, 0.5) is 5.82 Å². The normalized spacial score (nSPS) is 10.2. The van der Waals surface area contributed by atoms with E-state index in [-0.39, 0.29) is 5.82 Å². The number of halogens is 1. The van der Waals surface area contributed by atoms with E-state index in [2.05, 4.69) is 30.9 Å². The minimum absolute atomic E-state index is 0.277. The predicted molar refractivity (Wildman–Crippen MR) is 67.5 cm³/mol. The molecule has 0 bridgehead atoms. The quantitative estimate of drug-likeness (QED) is 0.938. The standard InChI is InChI=1S/C11H11BrN4O/c1-7-4-8(2-3-14-7)6-17-11-10(13)15-5-9(12)16-11/h2-5H,6H2,1H3,(H2,13,15). The van der Waals surface area contributed by atoms with Crippen LogP contribution in [0, 0.1) is 6.92 Å². The summed E-state index contributed by atoms with van der Waals surface area (Å²) in [6.45, 7) is 2.31. The summed E-state index contributed by atoms with van der Waals surface area (Å²) in [5, 5.41) is 0. The number of hydrogen-bond donors (Lipinski definition) is 1. The Hall–Kier alpha value is -1.69. The molecular weight excluding hydrogens is 284 g/mol. The molecule has 0 spiro atoms. The van der Waals surface area contributed by atoms with Gasteiger partial charge in [-0.3, -0.25) is 4.98 Å². The number of ether oxygens (including phenoxy) is 1. The van der Waals surface area contributed by atoms with Gasteiger partial charge in [0.05, 0.1) is 6.20 Å². The molecule has 0 saturated carbocycles. The average molecular weight is 295 g/mol. The molecule has 6 heteroatoms. The fourth-order valence-corrected chi connectivity index (χ4v) is 1.58. The van der Waals surface area contributed by atoms with Crippen LogP contribution in [0.3, 0.4) is 0 Å². The molecule has 0 aromatic carbocycles. The van der Waals surface area contributed by atoms with Gasteiger partial charge >= 0.3 is 0 Å². The van der Waals surface area contributed by atoms with Crippen LogP contribution in [0.5, 0.6) is 5.88 Å². The number of rotatable bonds is 3. The summed E-state index contributed by atoms with van der Waals surface area (Å²) in [6.07, 6.45) is 3.27. The highest BCUT2D eigenvalue weighted by Gasteiger charge is 2.05. The first-order chi connectivity index (χ1) is 8.15. The lowest BCUT2D eigenvalue weighted by Gasteiger charge is -2.07. The van der Waals surface area contributed by atoms with E-state index in [1.165, 1.54) is 6.20 Å². The fourth-order valence-electron chi connectivity index (χ4n) is 1.31. The van der Waals surface area contributed by atoms with E-state index in [4.69, 9.17) is 10.5 Å². The maximum Gasteiger partial charge on any atom is 0.258 e. The zero-order valence-corrected chi connectivity index (χ0v) is 10.8. The highest BCUT2D eigenvalue weighted by Crippen LogP contribution is 2.19. The van der Waals surface area contributed by atoms with E-state index in [0.717, 1.165) is 11.3 Å². The van der Waals surface area contributed by atoms with E-state index in [0.29, 0.717) is 17.1 Å². The van der Waals surface area contributed by atoms with Crippen molar-refractivity contribution < 1.29 is 4.74 Å². The number of anilines is 1. The zero-order chi connectivity index (χ0) is 12.3. The molecule has 0 aliphatic carbocycles. The fraction of sp³-hybridized carbons (Fsp3) is 0.182. The number of aromatic nitrogens is 3. The Morgan fingerprint density at radius 1 is 1.41 bits per heavy atom. The highest BCUT2D eigenvalue weighted by molar-refractivity contribution is 9.10. The Bertz CT molecular complexity index is 533. The lowest BCUT2D eigenvalue weighted by molar-refractivity contribution is 0.294. The third-order valence-corrected chi connectivity index (χ3v) is 2.46. The first kappa shape index (κ1) is 11.8. The van der Waals surface area contributed by atoms with Gasteiger partial charge in [-0.15, -0.1) is 0 Å². The summed E-state index contributed by atoms with van der Waals surface area (Å²) in [6, 6.07) is 3.83. The Morgan fingerprint density at radius 3 is 3.00 bits per heavy atom. The van der Waals surface area contributed by atoms with Crippen molar-refractivity contribution in [3.05, 3.63) is 40.4 Å². The van der Waals surface area contributed by atoms with Gasteiger partial charge in [0, 0.05) is 11.9 Å². The van der Waals surface area contributed by atoms with Crippen LogP contribution in [0.25, 0.3) is 0 Å². The lowest BCUT2D eigenvalue weighted by atomic mass is 10.2. The number of nitrogens with two attached hydrogens (primary N) is 1. The maximum absolute atomic E-state index is 5.65. The topological polar surface area (TPSA) is 73.9 Å². The Labute approximate surface area is 107 Å². The molecule has 0 aliphatic rings. The van der Waals surface area contributed by atoms with Crippen LogP contribution in [0.2, 0.25) is 0 Å². The van der Waals surface area contributed by atoms with Gasteiger partial charge in [-0.2, -0.15) is 0 Å². The van der Waals surface area contributed by atoms with Crippen molar-refractivity contribution >= 4 is 21.7 Å². The van der Waals surface area contributed by atoms with Crippen LogP contribution in [-0.4, -0.2) is 15.0 Å². The molecule has 0 fully saturated rings. The van der Waals surface area contributed by atoms with Crippen LogP contribution in [0.15, 0.2) is 29.1 Å². The molecule has 2 heterocycles. The number of pyridine rings is 1. The summed E-state index contributed by atoms with van der Waals surface area (Å²) >= 11 is 3.21. The first-order valence-corrected chi connectivity index (χ1v) is 5.77. The second-order valence-electron chi connectivity index (χ2n) is 3.48. The van der Waals surface area contributed by atoms with Crippen molar-refractivity contribution in [2.24, 2.45) is 0 Å². The molecular formula is C11H11BrN4O. The zero-order valence-electron chi connectivity index (χ0n) is 9.22. The second-order valence-corrected chi connectivity index (χ2v) is 4.29. The predicted octanol–water partition coefficient (Wildman–Crippen LogP) is 2.10. The second kappa shape index (κ2) is 5.09. The van der Waals surface area contributed by atoms with Crippen molar-refractivity contribution in [2.45, 2.75) is 13.5 Å². The van der Waals surface area contributed by atoms with E-state index >= 15 is 0 Å². The molecule has 5 nitrogen and oxygen atoms in total. The van der Waals surface area contributed by atoms with Gasteiger partial charge in [0.1, 0.15) is 11.2 Å². The number of hydrogen-bond acceptors (Lipinski definition) is 5. The Balaban J connectivity index is 2.09. The SMILES string of the molecule is Cc1cc(COc2nc(Br)cnc2N)ccn1. The molecule has 0 amide bonds. The molecule has 0 saturated heterocycles. The minimum Gasteiger partial charge on any atom is -0.470 e. The minimum atomic E-state index is 0.277. The number of nitrogen functional groups attached to an aromatic ring is 1. The van der Waals surface area contributed by atoms with E-state index in [9.17, 15) is 0 Å². The molecule has 88 valence electrons. The number of nitrogens with zero attached hydrogens (tertiary/aromatic N) is 3. The summed E-state index contributed by atoms with van der Waals surface area (Å²) in [7, 11) is 0. The third kappa shape index (κ3) is 3.13. The monoisotopic (exact) mass is 294 g/mol. The van der Waals surface area contributed by atoms with E-state index < -0.39 is 0 Å². The summed E-state index contributed by atoms with van der Waals surface area (Å²) < 4.78 is 6.09. The van der Waals surface area contributed by atoms with Crippen molar-refractivity contribution in [3.63, 3.8) is 0 Å². The summed E-state index contributed by atoms with van der Waals surface area (Å²) in [5.41, 5.74) is 7.61. The van der Waals surface area contributed by atoms with Crippen LogP contribution >= 0.6 is 15.9 Å². The van der Waals surface area contributed by atoms with Crippen LogP contribution in [0.1, 0.15) is 11.3 Å². The first-order valence-electron chi connectivity index (χ1n) is 4.97. The summed E-state index contributed by atoms with van der Waals surface area (Å²) in [4.78, 5) is 12.2. The smallest absolute Gasteiger partial charge is 0.258 e. The molecule has 2 N–H and O–H groups in total. The van der Waals surface area contributed by atoms with Crippen molar-refractivity contribution in [1.82, 2.24) is 15.0 Å². The average Bonchev–Trinajstić information content (AvgIpc) is 2.30. The van der Waals surface area contributed by atoms with Gasteiger partial charge in [0.25, 0.3) is 5.88 Å². The van der Waals surface area contributed by atoms with Crippen molar-refractivity contribution in [3.8, 4) is 5.88 Å². The van der Waals surface area contributed by atoms with Gasteiger partial charge in [0.15, 0.2) is 5.82 Å². The van der Waals surface area contributed by atoms with Gasteiger partial charge in [0.2, 0.25) is 0 Å². The molecule has 2 aromatic heterocycles. The maximum atomic E-state index is 5.65. The van der Waals surface area contributed by atoms with Gasteiger partial charge < -0.3 is 10.5 Å². The van der Waals surface area contributed by atoms with Crippen LogP contribution < -0.4 is 10.5 Å². The highest BCUT2D eigenvalue weighted by atomic mass is 79.9. The van der Waals surface area contributed by atoms with Crippen LogP contribution in [-0.2, 0) is 6.61 Å². The molecule has 0 aliphatic heterocycles. The molecule has 0 atom stereocenters. The Morgan fingerprint density at radius 2 is 2.24 bits per heavy atom. The summed E-state index contributed by atoms with van der Waals surface area (Å²) in [5.74, 6) is 0.604. The van der Waals surface area contributed by atoms with E-state index in [1.807, 2.05) is 19.1 Å². The van der Waals surface area contributed by atoms with E-state index in [1.54, 1.807) is 6.20 Å². The largest absolute Gasteiger partial charge is 0.470 e. The van der Waals surface area contributed by atoms with Gasteiger partial charge in [-0.1, -0.05) is 0 Å². The lowest BCUT2D eigenvalue weighted by Crippen LogP contribution is -2.03. The van der Waals surface area contributed by atoms with Crippen molar-refractivity contribution in [1.29, 1.82) is 0 Å². The Kier molecular flexibility index (Phi) is 3.53. The molecule has 17 heavy (non-hydrogen) atoms. The third-order valence-electron chi connectivity index (χ3n) is 2.07. The molecule has 2 rings (SSSR count). The molecule has 0 unspecified atom stereocenters. The molecule has 2 aromatic rings.